The molecule has 0 spiro atoms. The molecule has 1 aromatic carbocycles. The summed E-state index contributed by atoms with van der Waals surface area (Å²) in [6, 6.07) is 9.75. The molecule has 3 heterocycles. The molecule has 2 aliphatic heterocycles. The average molecular weight is 441 g/mol. The van der Waals surface area contributed by atoms with Crippen LogP contribution in [0.15, 0.2) is 51.2 Å². The van der Waals surface area contributed by atoms with E-state index < -0.39 is 29.6 Å². The van der Waals surface area contributed by atoms with Crippen LogP contribution in [0.5, 0.6) is 0 Å². The van der Waals surface area contributed by atoms with Crippen LogP contribution in [0.1, 0.15) is 23.8 Å². The van der Waals surface area contributed by atoms with Crippen molar-refractivity contribution >= 4 is 0 Å². The number of rotatable bonds is 7. The molecule has 3 atom stereocenters. The smallest absolute Gasteiger partial charge is 0.330 e. The highest BCUT2D eigenvalue weighted by Crippen LogP contribution is 2.29. The fourth-order valence-corrected chi connectivity index (χ4v) is 4.28. The van der Waals surface area contributed by atoms with Gasteiger partial charge in [-0.3, -0.25) is 24.1 Å². The Labute approximate surface area is 184 Å². The van der Waals surface area contributed by atoms with E-state index in [0.717, 1.165) is 32.7 Å². The van der Waals surface area contributed by atoms with Crippen LogP contribution in [0, 0.1) is 0 Å². The van der Waals surface area contributed by atoms with Crippen molar-refractivity contribution in [2.24, 2.45) is 5.11 Å². The number of hydrogen-bond acceptors (Lipinski definition) is 7. The minimum atomic E-state index is -0.714. The van der Waals surface area contributed by atoms with Gasteiger partial charge in [0.1, 0.15) is 6.23 Å². The number of ether oxygens (including phenoxy) is 1. The Bertz CT molecular complexity index is 1070. The van der Waals surface area contributed by atoms with E-state index in [0.29, 0.717) is 12.1 Å². The Kier molecular flexibility index (Phi) is 7.03. The molecule has 0 unspecified atom stereocenters. The molecule has 2 aromatic rings. The van der Waals surface area contributed by atoms with E-state index in [4.69, 9.17) is 10.3 Å². The summed E-state index contributed by atoms with van der Waals surface area (Å²) in [6.45, 7) is 4.42. The number of azide groups is 1. The number of hydrogen-bond donors (Lipinski definition) is 2. The van der Waals surface area contributed by atoms with Gasteiger partial charge in [0.05, 0.1) is 18.8 Å². The van der Waals surface area contributed by atoms with E-state index in [9.17, 15) is 14.7 Å². The molecule has 11 nitrogen and oxygen atoms in total. The summed E-state index contributed by atoms with van der Waals surface area (Å²) in [6.07, 6.45) is 0.373. The summed E-state index contributed by atoms with van der Waals surface area (Å²) in [5.74, 6) is 0. The summed E-state index contributed by atoms with van der Waals surface area (Å²) in [5, 5.41) is 13.1. The monoisotopic (exact) mass is 441 g/mol. The maximum absolute atomic E-state index is 12.4. The SMILES string of the molecule is [N-]=[N+]=N[C@H]1C[C@H](n2cc(CN3CCN(Cc4ccccc4)CC3)c(=O)[nH]c2=O)O[C@@H]1CO. The van der Waals surface area contributed by atoms with Crippen molar-refractivity contribution < 1.29 is 9.84 Å². The third kappa shape index (κ3) is 5.09. The summed E-state index contributed by atoms with van der Waals surface area (Å²) >= 11 is 0. The molecule has 0 aliphatic carbocycles. The van der Waals surface area contributed by atoms with Crippen LogP contribution in [-0.4, -0.2) is 69.4 Å². The van der Waals surface area contributed by atoms with Gasteiger partial charge in [-0.25, -0.2) is 4.79 Å². The van der Waals surface area contributed by atoms with Crippen molar-refractivity contribution in [3.05, 3.63) is 78.9 Å². The van der Waals surface area contributed by atoms with Crippen LogP contribution in [0.4, 0.5) is 0 Å². The summed E-state index contributed by atoms with van der Waals surface area (Å²) in [5.41, 5.74) is 9.46. The maximum atomic E-state index is 12.4. The van der Waals surface area contributed by atoms with Gasteiger partial charge in [-0.15, -0.1) is 0 Å². The lowest BCUT2D eigenvalue weighted by molar-refractivity contribution is -0.0272. The average Bonchev–Trinajstić information content (AvgIpc) is 3.20. The highest BCUT2D eigenvalue weighted by molar-refractivity contribution is 5.14. The zero-order valence-corrected chi connectivity index (χ0v) is 17.7. The first-order chi connectivity index (χ1) is 15.6. The van der Waals surface area contributed by atoms with Crippen LogP contribution >= 0.6 is 0 Å². The van der Waals surface area contributed by atoms with E-state index in [1.54, 1.807) is 0 Å². The second-order valence-corrected chi connectivity index (χ2v) is 8.18. The van der Waals surface area contributed by atoms with E-state index in [2.05, 4.69) is 36.9 Å². The van der Waals surface area contributed by atoms with Gasteiger partial charge in [0.2, 0.25) is 0 Å². The number of nitrogens with zero attached hydrogens (tertiary/aromatic N) is 6. The van der Waals surface area contributed by atoms with Crippen LogP contribution in [0.3, 0.4) is 0 Å². The normalized spacial score (nSPS) is 24.3. The van der Waals surface area contributed by atoms with Gasteiger partial charge in [-0.2, -0.15) is 0 Å². The maximum Gasteiger partial charge on any atom is 0.330 e. The molecular weight excluding hydrogens is 414 g/mol. The van der Waals surface area contributed by atoms with E-state index in [1.165, 1.54) is 16.3 Å². The molecule has 2 fully saturated rings. The van der Waals surface area contributed by atoms with Crippen molar-refractivity contribution in [3.63, 3.8) is 0 Å². The first kappa shape index (κ1) is 22.3. The molecule has 4 rings (SSSR count). The third-order valence-electron chi connectivity index (χ3n) is 6.04. The largest absolute Gasteiger partial charge is 0.394 e. The van der Waals surface area contributed by atoms with Crippen molar-refractivity contribution in [2.45, 2.75) is 37.9 Å². The summed E-state index contributed by atoms with van der Waals surface area (Å²) in [7, 11) is 0. The molecule has 2 saturated heterocycles. The summed E-state index contributed by atoms with van der Waals surface area (Å²) in [4.78, 5) is 34.5. The van der Waals surface area contributed by atoms with Gasteiger partial charge in [0.15, 0.2) is 0 Å². The van der Waals surface area contributed by atoms with Crippen molar-refractivity contribution in [1.82, 2.24) is 19.4 Å². The van der Waals surface area contributed by atoms with Crippen molar-refractivity contribution in [3.8, 4) is 0 Å². The lowest BCUT2D eigenvalue weighted by Gasteiger charge is -2.34. The Morgan fingerprint density at radius 2 is 1.81 bits per heavy atom. The van der Waals surface area contributed by atoms with Crippen LogP contribution < -0.4 is 11.2 Å². The van der Waals surface area contributed by atoms with Gasteiger partial charge in [-0.1, -0.05) is 35.4 Å². The molecule has 0 amide bonds. The standard InChI is InChI=1S/C21H27N7O4/c22-25-24-17-10-19(32-18(17)14-29)28-13-16(20(30)23-21(28)31)12-27-8-6-26(7-9-27)11-15-4-2-1-3-5-15/h1-5,13,17-19,29H,6-12,14H2,(H,23,30,31)/t17-,18+,19+/m0/s1. The molecule has 0 saturated carbocycles. The van der Waals surface area contributed by atoms with Gasteiger partial charge in [0.25, 0.3) is 5.56 Å². The lowest BCUT2D eigenvalue weighted by Crippen LogP contribution is -2.46. The minimum Gasteiger partial charge on any atom is -0.394 e. The first-order valence-corrected chi connectivity index (χ1v) is 10.7. The number of aliphatic hydroxyl groups excluding tert-OH is 1. The number of aromatic nitrogens is 2. The Balaban J connectivity index is 1.41. The zero-order chi connectivity index (χ0) is 22.5. The predicted molar refractivity (Wildman–Crippen MR) is 117 cm³/mol. The third-order valence-corrected chi connectivity index (χ3v) is 6.04. The quantitative estimate of drug-likeness (QED) is 0.370. The second kappa shape index (κ2) is 10.1. The molecule has 11 heteroatoms. The van der Waals surface area contributed by atoms with Gasteiger partial charge in [0, 0.05) is 62.4 Å². The second-order valence-electron chi connectivity index (χ2n) is 8.18. The number of piperazine rings is 1. The van der Waals surface area contributed by atoms with Crippen LogP contribution in [0.2, 0.25) is 0 Å². The number of aliphatic hydroxyl groups is 1. The highest BCUT2D eigenvalue weighted by Gasteiger charge is 2.36. The fraction of sp³-hybridized carbons (Fsp3) is 0.524. The first-order valence-electron chi connectivity index (χ1n) is 10.7. The van der Waals surface area contributed by atoms with Gasteiger partial charge < -0.3 is 9.84 Å². The molecule has 32 heavy (non-hydrogen) atoms. The molecule has 0 radical (unpaired) electrons. The Morgan fingerprint density at radius 3 is 2.47 bits per heavy atom. The highest BCUT2D eigenvalue weighted by atomic mass is 16.5. The molecule has 2 N–H and O–H groups in total. The zero-order valence-electron chi connectivity index (χ0n) is 17.7. The minimum absolute atomic E-state index is 0.249. The van der Waals surface area contributed by atoms with Crippen molar-refractivity contribution in [1.29, 1.82) is 0 Å². The van der Waals surface area contributed by atoms with E-state index in [1.807, 2.05) is 18.2 Å². The topological polar surface area (TPSA) is 140 Å². The summed E-state index contributed by atoms with van der Waals surface area (Å²) < 4.78 is 7.02. The molecule has 170 valence electrons. The number of benzene rings is 1. The number of H-pyrrole nitrogens is 1. The molecule has 1 aromatic heterocycles. The number of nitrogens with one attached hydrogen (secondary N) is 1. The van der Waals surface area contributed by atoms with E-state index in [-0.39, 0.29) is 13.0 Å². The van der Waals surface area contributed by atoms with Gasteiger partial charge in [-0.05, 0) is 11.1 Å². The Morgan fingerprint density at radius 1 is 1.12 bits per heavy atom. The lowest BCUT2D eigenvalue weighted by atomic mass is 10.1. The fourth-order valence-electron chi connectivity index (χ4n) is 4.28. The van der Waals surface area contributed by atoms with E-state index >= 15 is 0 Å². The predicted octanol–water partition coefficient (Wildman–Crippen LogP) is 0.813. The van der Waals surface area contributed by atoms with Crippen molar-refractivity contribution in [2.75, 3.05) is 32.8 Å². The number of aromatic amines is 1. The van der Waals surface area contributed by atoms with Crippen LogP contribution in [0.25, 0.3) is 10.4 Å². The molecule has 0 bridgehead atoms. The molecular formula is C21H27N7O4. The molecule has 2 aliphatic rings. The van der Waals surface area contributed by atoms with Gasteiger partial charge >= 0.3 is 5.69 Å². The van der Waals surface area contributed by atoms with Crippen LogP contribution in [-0.2, 0) is 17.8 Å². The Hall–Kier alpha value is -2.95.